The normalized spacial score (nSPS) is 30.8. The monoisotopic (exact) mass is 320 g/mol. The van der Waals surface area contributed by atoms with Gasteiger partial charge in [0.1, 0.15) is 10.5 Å². The predicted octanol–water partition coefficient (Wildman–Crippen LogP) is -1.02. The van der Waals surface area contributed by atoms with E-state index in [4.69, 9.17) is 4.74 Å². The summed E-state index contributed by atoms with van der Waals surface area (Å²) in [5, 5.41) is 0. The van der Waals surface area contributed by atoms with Gasteiger partial charge in [-0.15, -0.1) is 0 Å². The van der Waals surface area contributed by atoms with Gasteiger partial charge in [0.2, 0.25) is 0 Å². The first-order valence-electron chi connectivity index (χ1n) is 7.96. The third kappa shape index (κ3) is 7.39. The Morgan fingerprint density at radius 1 is 1.28 bits per heavy atom. The molecule has 0 bridgehead atoms. The number of hydrogen-bond donors (Lipinski definition) is 0. The minimum absolute atomic E-state index is 0.547. The fraction of sp³-hybridized carbons (Fsp3) is 1.00. The van der Waals surface area contributed by atoms with Crippen molar-refractivity contribution in [3.63, 3.8) is 0 Å². The van der Waals surface area contributed by atoms with E-state index in [0.717, 1.165) is 23.0 Å². The molecule has 0 aromatic heterocycles. The van der Waals surface area contributed by atoms with Gasteiger partial charge in [-0.05, 0) is 50.4 Å². The fourth-order valence-corrected chi connectivity index (χ4v) is 11.1. The van der Waals surface area contributed by atoms with Gasteiger partial charge in [-0.2, -0.15) is 0 Å². The summed E-state index contributed by atoms with van der Waals surface area (Å²) in [6, 6.07) is 1.69. The van der Waals surface area contributed by atoms with Crippen LogP contribution < -0.4 is 0 Å². The third-order valence-electron chi connectivity index (χ3n) is 4.12. The molecule has 2 aliphatic rings. The highest BCUT2D eigenvalue weighted by Crippen LogP contribution is 2.41. The van der Waals surface area contributed by atoms with Gasteiger partial charge in [-0.3, -0.25) is 0 Å². The van der Waals surface area contributed by atoms with Gasteiger partial charge in [-0.25, -0.2) is 0 Å². The van der Waals surface area contributed by atoms with E-state index in [-0.39, 0.29) is 0 Å². The van der Waals surface area contributed by atoms with Crippen molar-refractivity contribution in [1.82, 2.24) is 0 Å². The van der Waals surface area contributed by atoms with E-state index in [9.17, 15) is 0 Å². The van der Waals surface area contributed by atoms with Gasteiger partial charge in [0.25, 0.3) is 0 Å². The Morgan fingerprint density at radius 2 is 2.06 bits per heavy atom. The molecule has 18 heavy (non-hydrogen) atoms. The SMILES string of the molecule is CCO[SiH3].[SiH3][SiH2][SiH2]CCCCC1CCC2OC2C1. The van der Waals surface area contributed by atoms with Crippen molar-refractivity contribution in [2.24, 2.45) is 5.92 Å². The van der Waals surface area contributed by atoms with E-state index >= 15 is 0 Å². The first-order valence-corrected chi connectivity index (χ1v) is 19.4. The fourth-order valence-electron chi connectivity index (χ4n) is 2.79. The molecule has 0 aromatic rings. The Kier molecular flexibility index (Phi) is 9.88. The van der Waals surface area contributed by atoms with Crippen LogP contribution >= 0.6 is 0 Å². The summed E-state index contributed by atoms with van der Waals surface area (Å²) < 4.78 is 10.3. The van der Waals surface area contributed by atoms with Crippen LogP contribution in [0.25, 0.3) is 0 Å². The maximum absolute atomic E-state index is 5.57. The molecule has 2 rings (SSSR count). The Labute approximate surface area is 123 Å². The van der Waals surface area contributed by atoms with Gasteiger partial charge < -0.3 is 9.16 Å². The van der Waals surface area contributed by atoms with Crippen molar-refractivity contribution in [3.05, 3.63) is 0 Å². The van der Waals surface area contributed by atoms with Crippen LogP contribution in [0.2, 0.25) is 6.04 Å². The molecule has 2 nitrogen and oxygen atoms in total. The van der Waals surface area contributed by atoms with E-state index in [0.29, 0.717) is 29.8 Å². The Bertz CT molecular complexity index is 205. The van der Waals surface area contributed by atoms with E-state index in [1.54, 1.807) is 22.2 Å². The molecule has 1 saturated carbocycles. The van der Waals surface area contributed by atoms with E-state index < -0.39 is 0 Å². The van der Waals surface area contributed by atoms with Crippen LogP contribution in [0.5, 0.6) is 0 Å². The van der Waals surface area contributed by atoms with Gasteiger partial charge in [0.05, 0.1) is 12.2 Å². The molecule has 1 aliphatic carbocycles. The number of fused-ring (bicyclic) bond motifs is 1. The maximum atomic E-state index is 5.57. The molecule has 1 saturated heterocycles. The molecule has 6 heteroatoms. The highest BCUT2D eigenvalue weighted by atomic mass is 29.5. The summed E-state index contributed by atoms with van der Waals surface area (Å²) in [5.74, 6) is 1.04. The quantitative estimate of drug-likeness (QED) is 0.340. The average molecular weight is 321 g/mol. The number of unbranched alkanes of at least 4 members (excludes halogenated alkanes) is 1. The summed E-state index contributed by atoms with van der Waals surface area (Å²) in [7, 11) is 3.66. The molecule has 108 valence electrons. The van der Waals surface area contributed by atoms with Crippen molar-refractivity contribution in [2.75, 3.05) is 6.61 Å². The maximum Gasteiger partial charge on any atom is 0.145 e. The zero-order valence-corrected chi connectivity index (χ0v) is 19.4. The lowest BCUT2D eigenvalue weighted by molar-refractivity contribution is 0.346. The lowest BCUT2D eigenvalue weighted by Crippen LogP contribution is -2.13. The number of epoxide rings is 1. The summed E-state index contributed by atoms with van der Waals surface area (Å²) in [6.07, 6.45) is 10.3. The molecular weight excluding hydrogens is 288 g/mol. The first-order chi connectivity index (χ1) is 8.81. The summed E-state index contributed by atoms with van der Waals surface area (Å²) in [6.45, 7) is 2.87. The molecule has 1 heterocycles. The van der Waals surface area contributed by atoms with Crippen LogP contribution in [0.1, 0.15) is 45.4 Å². The van der Waals surface area contributed by atoms with Crippen LogP contribution in [0, 0.1) is 5.92 Å². The van der Waals surface area contributed by atoms with Gasteiger partial charge in [-0.1, -0.05) is 25.3 Å². The molecule has 1 aliphatic heterocycles. The second kappa shape index (κ2) is 10.6. The van der Waals surface area contributed by atoms with Crippen LogP contribution in [0.4, 0.5) is 0 Å². The van der Waals surface area contributed by atoms with Gasteiger partial charge >= 0.3 is 0 Å². The lowest BCUT2D eigenvalue weighted by Gasteiger charge is -2.18. The molecule has 0 aromatic carbocycles. The van der Waals surface area contributed by atoms with E-state index in [1.807, 2.05) is 6.92 Å². The first kappa shape index (κ1) is 16.8. The van der Waals surface area contributed by atoms with Gasteiger partial charge in [0, 0.05) is 15.6 Å². The van der Waals surface area contributed by atoms with E-state index in [1.165, 1.54) is 32.1 Å². The standard InChI is InChI=1S/C10H24OSi3.C2H8OSi/c12-14-13-6-2-1-3-8-4-5-9-10(7-8)11-9;1-2-3-4/h8-10H,1-7,13-14H2,12H3;2H2,1,4H3. The third-order valence-corrected chi connectivity index (χ3v) is 16.4. The second-order valence-corrected chi connectivity index (χ2v) is 22.8. The number of rotatable bonds is 7. The zero-order valence-electron chi connectivity index (χ0n) is 12.6. The molecule has 0 N–H and O–H groups in total. The lowest BCUT2D eigenvalue weighted by atomic mass is 9.86. The van der Waals surface area contributed by atoms with Crippen molar-refractivity contribution < 1.29 is 9.16 Å². The molecular formula is C12H32O2Si4. The van der Waals surface area contributed by atoms with Crippen LogP contribution in [0.3, 0.4) is 0 Å². The smallest absolute Gasteiger partial charge is 0.145 e. The number of ether oxygens (including phenoxy) is 1. The highest BCUT2D eigenvalue weighted by molar-refractivity contribution is 7.23. The van der Waals surface area contributed by atoms with Crippen molar-refractivity contribution >= 4 is 37.8 Å². The van der Waals surface area contributed by atoms with Crippen LogP contribution in [-0.4, -0.2) is 56.7 Å². The molecule has 3 atom stereocenters. The van der Waals surface area contributed by atoms with Crippen molar-refractivity contribution in [2.45, 2.75) is 63.7 Å². The summed E-state index contributed by atoms with van der Waals surface area (Å²) in [5.41, 5.74) is 0. The molecule has 0 spiro atoms. The minimum atomic E-state index is 0.547. The molecule has 0 radical (unpaired) electrons. The Morgan fingerprint density at radius 3 is 2.67 bits per heavy atom. The molecule has 2 fully saturated rings. The second-order valence-electron chi connectivity index (χ2n) is 5.67. The Hall–Kier alpha value is 0.788. The van der Waals surface area contributed by atoms with Gasteiger partial charge in [0.15, 0.2) is 0 Å². The van der Waals surface area contributed by atoms with Crippen LogP contribution in [-0.2, 0) is 9.16 Å². The largest absolute Gasteiger partial charge is 0.428 e. The van der Waals surface area contributed by atoms with Crippen LogP contribution in [0.15, 0.2) is 0 Å². The van der Waals surface area contributed by atoms with Crippen molar-refractivity contribution in [3.8, 4) is 0 Å². The highest BCUT2D eigenvalue weighted by Gasteiger charge is 2.43. The molecule has 3 unspecified atom stereocenters. The Balaban J connectivity index is 0.000000357. The average Bonchev–Trinajstić information content (AvgIpc) is 3.17. The molecule has 0 amide bonds. The van der Waals surface area contributed by atoms with Crippen molar-refractivity contribution in [1.29, 1.82) is 0 Å². The summed E-state index contributed by atoms with van der Waals surface area (Å²) >= 11 is 0. The van der Waals surface area contributed by atoms with E-state index in [2.05, 4.69) is 4.43 Å². The minimum Gasteiger partial charge on any atom is -0.428 e. The predicted molar refractivity (Wildman–Crippen MR) is 93.3 cm³/mol. The summed E-state index contributed by atoms with van der Waals surface area (Å²) in [4.78, 5) is 0. The topological polar surface area (TPSA) is 21.8 Å². The zero-order chi connectivity index (χ0) is 13.2. The number of hydrogen-bond acceptors (Lipinski definition) is 2.